The fourth-order valence-electron chi connectivity index (χ4n) is 1.77. The van der Waals surface area contributed by atoms with E-state index in [1.54, 1.807) is 6.33 Å². The second-order valence-corrected chi connectivity index (χ2v) is 5.98. The van der Waals surface area contributed by atoms with Gasteiger partial charge in [0.2, 0.25) is 0 Å². The van der Waals surface area contributed by atoms with Crippen molar-refractivity contribution >= 4 is 31.9 Å². The summed E-state index contributed by atoms with van der Waals surface area (Å²) in [4.78, 5) is 13.0. The predicted molar refractivity (Wildman–Crippen MR) is 86.1 cm³/mol. The Balaban J connectivity index is 2.01. The van der Waals surface area contributed by atoms with Gasteiger partial charge in [-0.05, 0) is 24.3 Å². The molecule has 0 radical (unpaired) electrons. The molecule has 3 aromatic rings. The molecule has 98 valence electrons. The van der Waals surface area contributed by atoms with Gasteiger partial charge in [-0.3, -0.25) is 0 Å². The predicted octanol–water partition coefficient (Wildman–Crippen LogP) is 4.73. The summed E-state index contributed by atoms with van der Waals surface area (Å²) >= 11 is 6.84. The van der Waals surface area contributed by atoms with Crippen molar-refractivity contribution in [2.45, 2.75) is 0 Å². The highest BCUT2D eigenvalue weighted by Gasteiger charge is 2.05. The van der Waals surface area contributed by atoms with E-state index >= 15 is 0 Å². The van der Waals surface area contributed by atoms with E-state index in [4.69, 9.17) is 0 Å². The zero-order valence-corrected chi connectivity index (χ0v) is 13.5. The average Bonchev–Trinajstić information content (AvgIpc) is 2.49. The van der Waals surface area contributed by atoms with Crippen LogP contribution in [0.3, 0.4) is 0 Å². The lowest BCUT2D eigenvalue weighted by molar-refractivity contribution is 1.06. The van der Waals surface area contributed by atoms with Crippen LogP contribution in [-0.4, -0.2) is 15.0 Å². The highest BCUT2D eigenvalue weighted by molar-refractivity contribution is 9.10. The van der Waals surface area contributed by atoms with Crippen molar-refractivity contribution in [3.63, 3.8) is 0 Å². The fraction of sp³-hybridized carbons (Fsp3) is 0. The molecule has 0 bridgehead atoms. The zero-order valence-electron chi connectivity index (χ0n) is 10.3. The summed E-state index contributed by atoms with van der Waals surface area (Å²) in [6.45, 7) is 0. The molecule has 0 aliphatic rings. The van der Waals surface area contributed by atoms with Crippen molar-refractivity contribution in [2.75, 3.05) is 0 Å². The molecule has 1 heterocycles. The van der Waals surface area contributed by atoms with E-state index in [0.29, 0.717) is 11.6 Å². The van der Waals surface area contributed by atoms with Crippen LogP contribution in [0.5, 0.6) is 0 Å². The maximum atomic E-state index is 4.52. The van der Waals surface area contributed by atoms with Crippen LogP contribution in [0, 0.1) is 0 Å². The first kappa shape index (κ1) is 13.4. The maximum Gasteiger partial charge on any atom is 0.163 e. The van der Waals surface area contributed by atoms with Crippen molar-refractivity contribution < 1.29 is 0 Å². The van der Waals surface area contributed by atoms with Crippen LogP contribution in [0.4, 0.5) is 0 Å². The number of nitrogens with zero attached hydrogens (tertiary/aromatic N) is 3. The topological polar surface area (TPSA) is 38.7 Å². The number of hydrogen-bond donors (Lipinski definition) is 0. The van der Waals surface area contributed by atoms with Gasteiger partial charge in [0.05, 0.1) is 0 Å². The molecule has 0 unspecified atom stereocenters. The molecule has 0 saturated carbocycles. The molecular weight excluding hydrogens is 382 g/mol. The molecule has 0 amide bonds. The Morgan fingerprint density at radius 1 is 0.600 bits per heavy atom. The van der Waals surface area contributed by atoms with Crippen LogP contribution in [0.15, 0.2) is 63.8 Å². The molecule has 0 saturated heterocycles. The second-order valence-electron chi connectivity index (χ2n) is 4.15. The smallest absolute Gasteiger partial charge is 0.163 e. The Labute approximate surface area is 133 Å². The highest BCUT2D eigenvalue weighted by atomic mass is 79.9. The molecule has 3 rings (SSSR count). The highest BCUT2D eigenvalue weighted by Crippen LogP contribution is 2.22. The Morgan fingerprint density at radius 2 is 1.00 bits per heavy atom. The number of halogens is 2. The molecule has 0 fully saturated rings. The van der Waals surface area contributed by atoms with Crippen LogP contribution < -0.4 is 0 Å². The van der Waals surface area contributed by atoms with Gasteiger partial charge in [0.15, 0.2) is 11.6 Å². The van der Waals surface area contributed by atoms with E-state index in [1.165, 1.54) is 0 Å². The van der Waals surface area contributed by atoms with E-state index in [2.05, 4.69) is 46.8 Å². The maximum absolute atomic E-state index is 4.52. The molecule has 2 aromatic carbocycles. The minimum Gasteiger partial charge on any atom is -0.217 e. The van der Waals surface area contributed by atoms with Gasteiger partial charge in [-0.2, -0.15) is 0 Å². The molecule has 1 aromatic heterocycles. The van der Waals surface area contributed by atoms with Gasteiger partial charge in [-0.1, -0.05) is 56.1 Å². The average molecular weight is 391 g/mol. The van der Waals surface area contributed by atoms with E-state index in [1.807, 2.05) is 48.5 Å². The first-order valence-electron chi connectivity index (χ1n) is 5.93. The standard InChI is InChI=1S/C15H9Br2N3/c16-12-5-1-10(2-6-12)14-18-9-19-15(20-14)11-3-7-13(17)8-4-11/h1-9H. The summed E-state index contributed by atoms with van der Waals surface area (Å²) in [6, 6.07) is 15.8. The third-order valence-corrected chi connectivity index (χ3v) is 3.83. The monoisotopic (exact) mass is 389 g/mol. The first-order valence-corrected chi connectivity index (χ1v) is 7.52. The zero-order chi connectivity index (χ0) is 13.9. The van der Waals surface area contributed by atoms with Crippen LogP contribution in [-0.2, 0) is 0 Å². The quantitative estimate of drug-likeness (QED) is 0.634. The number of benzene rings is 2. The van der Waals surface area contributed by atoms with Crippen LogP contribution in [0.25, 0.3) is 22.8 Å². The summed E-state index contributed by atoms with van der Waals surface area (Å²) in [5, 5.41) is 0. The Kier molecular flexibility index (Phi) is 3.89. The molecular formula is C15H9Br2N3. The molecule has 3 nitrogen and oxygen atoms in total. The van der Waals surface area contributed by atoms with Gasteiger partial charge in [0.25, 0.3) is 0 Å². The Hall–Kier alpha value is -1.59. The fourth-order valence-corrected chi connectivity index (χ4v) is 2.30. The molecule has 0 aliphatic heterocycles. The largest absolute Gasteiger partial charge is 0.217 e. The summed E-state index contributed by atoms with van der Waals surface area (Å²) in [7, 11) is 0. The van der Waals surface area contributed by atoms with E-state index in [9.17, 15) is 0 Å². The van der Waals surface area contributed by atoms with E-state index in [-0.39, 0.29) is 0 Å². The van der Waals surface area contributed by atoms with E-state index < -0.39 is 0 Å². The van der Waals surface area contributed by atoms with Crippen LogP contribution in [0.2, 0.25) is 0 Å². The lowest BCUT2D eigenvalue weighted by atomic mass is 10.2. The summed E-state index contributed by atoms with van der Waals surface area (Å²) in [6.07, 6.45) is 1.54. The van der Waals surface area contributed by atoms with E-state index in [0.717, 1.165) is 20.1 Å². The summed E-state index contributed by atoms with van der Waals surface area (Å²) in [5.41, 5.74) is 1.93. The van der Waals surface area contributed by atoms with Crippen LogP contribution in [0.1, 0.15) is 0 Å². The minimum atomic E-state index is 0.672. The SMILES string of the molecule is Brc1ccc(-c2ncnc(-c3ccc(Br)cc3)n2)cc1. The first-order chi connectivity index (χ1) is 9.72. The Bertz CT molecular complexity index is 664. The van der Waals surface area contributed by atoms with Crippen molar-refractivity contribution in [3.8, 4) is 22.8 Å². The third kappa shape index (κ3) is 2.94. The third-order valence-electron chi connectivity index (χ3n) is 2.78. The van der Waals surface area contributed by atoms with Crippen molar-refractivity contribution in [1.29, 1.82) is 0 Å². The molecule has 20 heavy (non-hydrogen) atoms. The molecule has 0 atom stereocenters. The molecule has 0 aliphatic carbocycles. The number of rotatable bonds is 2. The molecule has 0 spiro atoms. The van der Waals surface area contributed by atoms with Crippen molar-refractivity contribution in [1.82, 2.24) is 15.0 Å². The van der Waals surface area contributed by atoms with Crippen LogP contribution >= 0.6 is 31.9 Å². The minimum absolute atomic E-state index is 0.672. The lowest BCUT2D eigenvalue weighted by Gasteiger charge is -2.03. The van der Waals surface area contributed by atoms with Gasteiger partial charge < -0.3 is 0 Å². The van der Waals surface area contributed by atoms with Crippen molar-refractivity contribution in [2.24, 2.45) is 0 Å². The normalized spacial score (nSPS) is 10.5. The number of hydrogen-bond acceptors (Lipinski definition) is 3. The van der Waals surface area contributed by atoms with Gasteiger partial charge in [0.1, 0.15) is 6.33 Å². The molecule has 5 heteroatoms. The van der Waals surface area contributed by atoms with Gasteiger partial charge in [-0.25, -0.2) is 15.0 Å². The second kappa shape index (κ2) is 5.81. The summed E-state index contributed by atoms with van der Waals surface area (Å²) < 4.78 is 2.06. The van der Waals surface area contributed by atoms with Crippen molar-refractivity contribution in [3.05, 3.63) is 63.8 Å². The Morgan fingerprint density at radius 3 is 1.40 bits per heavy atom. The van der Waals surface area contributed by atoms with Gasteiger partial charge in [0, 0.05) is 20.1 Å². The van der Waals surface area contributed by atoms with Gasteiger partial charge in [-0.15, -0.1) is 0 Å². The molecule has 0 N–H and O–H groups in total. The number of aromatic nitrogens is 3. The van der Waals surface area contributed by atoms with Gasteiger partial charge >= 0.3 is 0 Å². The summed E-state index contributed by atoms with van der Waals surface area (Å²) in [5.74, 6) is 1.34. The lowest BCUT2D eigenvalue weighted by Crippen LogP contribution is -1.94.